The molecule has 9 heteroatoms. The highest BCUT2D eigenvalue weighted by Crippen LogP contribution is 2.36. The van der Waals surface area contributed by atoms with Crippen LogP contribution in [0.1, 0.15) is 168 Å². The van der Waals surface area contributed by atoms with Gasteiger partial charge in [-0.1, -0.05) is 164 Å². The van der Waals surface area contributed by atoms with Gasteiger partial charge >= 0.3 is 19.8 Å². The summed E-state index contributed by atoms with van der Waals surface area (Å²) in [6, 6.07) is 0. The van der Waals surface area contributed by atoms with E-state index in [1.165, 1.54) is 77.0 Å². The summed E-state index contributed by atoms with van der Waals surface area (Å²) in [6.45, 7) is 3.52. The predicted octanol–water partition coefficient (Wildman–Crippen LogP) is 11.7. The van der Waals surface area contributed by atoms with E-state index in [0.29, 0.717) is 12.8 Å². The highest BCUT2D eigenvalue weighted by Gasteiger charge is 2.22. The van der Waals surface area contributed by atoms with E-state index in [0.717, 1.165) is 51.4 Å². The molecule has 0 aliphatic carbocycles. The van der Waals surface area contributed by atoms with Crippen LogP contribution in [0.4, 0.5) is 0 Å². The predicted molar refractivity (Wildman–Crippen MR) is 207 cm³/mol. The zero-order valence-corrected chi connectivity index (χ0v) is 32.4. The molecular weight excluding hydrogens is 651 g/mol. The SMILES string of the molecule is CC/C=C\C/C=C\C/C=C\C/C=C\C/C=C\CCCC(=O)OC(COC(=O)CCCCCCCCCCCCCCCCC)COP(=O)(O)O. The Morgan fingerprint density at radius 3 is 1.42 bits per heavy atom. The molecule has 0 heterocycles. The zero-order valence-electron chi connectivity index (χ0n) is 31.5. The summed E-state index contributed by atoms with van der Waals surface area (Å²) >= 11 is 0. The highest BCUT2D eigenvalue weighted by atomic mass is 31.2. The second-order valence-electron chi connectivity index (χ2n) is 12.9. The number of rotatable bonds is 35. The Morgan fingerprint density at radius 1 is 0.540 bits per heavy atom. The maximum Gasteiger partial charge on any atom is 0.469 e. The largest absolute Gasteiger partial charge is 0.469 e. The van der Waals surface area contributed by atoms with E-state index in [1.807, 2.05) is 12.2 Å². The first-order valence-corrected chi connectivity index (χ1v) is 21.1. The molecule has 0 bridgehead atoms. The van der Waals surface area contributed by atoms with Crippen LogP contribution in [0.2, 0.25) is 0 Å². The second kappa shape index (κ2) is 36.5. The van der Waals surface area contributed by atoms with Crippen molar-refractivity contribution >= 4 is 19.8 Å². The zero-order chi connectivity index (χ0) is 36.8. The Hall–Kier alpha value is -2.25. The number of hydrogen-bond donors (Lipinski definition) is 2. The molecule has 288 valence electrons. The normalized spacial score (nSPS) is 13.1. The van der Waals surface area contributed by atoms with Gasteiger partial charge in [0.05, 0.1) is 6.61 Å². The number of esters is 2. The monoisotopic (exact) mass is 722 g/mol. The van der Waals surface area contributed by atoms with Crippen LogP contribution in [0.15, 0.2) is 60.8 Å². The van der Waals surface area contributed by atoms with Gasteiger partial charge in [0.15, 0.2) is 6.10 Å². The van der Waals surface area contributed by atoms with E-state index >= 15 is 0 Å². The van der Waals surface area contributed by atoms with Crippen molar-refractivity contribution in [2.24, 2.45) is 0 Å². The number of hydrogen-bond acceptors (Lipinski definition) is 6. The first kappa shape index (κ1) is 47.8. The molecule has 0 radical (unpaired) electrons. The average molecular weight is 723 g/mol. The lowest BCUT2D eigenvalue weighted by molar-refractivity contribution is -0.161. The summed E-state index contributed by atoms with van der Waals surface area (Å²) in [5.74, 6) is -0.953. The van der Waals surface area contributed by atoms with Gasteiger partial charge in [-0.2, -0.15) is 0 Å². The Morgan fingerprint density at radius 2 is 0.960 bits per heavy atom. The topological polar surface area (TPSA) is 119 Å². The van der Waals surface area contributed by atoms with Gasteiger partial charge in [-0.3, -0.25) is 14.1 Å². The highest BCUT2D eigenvalue weighted by molar-refractivity contribution is 7.46. The minimum atomic E-state index is -4.77. The fourth-order valence-corrected chi connectivity index (χ4v) is 5.53. The molecule has 0 aromatic heterocycles. The van der Waals surface area contributed by atoms with Crippen LogP contribution in [-0.4, -0.2) is 41.0 Å². The fraction of sp³-hybridized carbons (Fsp3) is 0.707. The molecule has 0 saturated carbocycles. The van der Waals surface area contributed by atoms with E-state index in [9.17, 15) is 14.2 Å². The third-order valence-corrected chi connectivity index (χ3v) is 8.54. The van der Waals surface area contributed by atoms with E-state index in [4.69, 9.17) is 19.3 Å². The third kappa shape index (κ3) is 38.6. The third-order valence-electron chi connectivity index (χ3n) is 8.05. The van der Waals surface area contributed by atoms with Crippen LogP contribution < -0.4 is 0 Å². The first-order chi connectivity index (χ1) is 24.3. The van der Waals surface area contributed by atoms with Crippen LogP contribution in [0.3, 0.4) is 0 Å². The molecule has 0 aliphatic rings. The smallest absolute Gasteiger partial charge is 0.462 e. The van der Waals surface area contributed by atoms with Crippen LogP contribution in [-0.2, 0) is 28.2 Å². The number of carbonyl (C=O) groups is 2. The maximum atomic E-state index is 12.4. The van der Waals surface area contributed by atoms with Crippen molar-refractivity contribution in [2.75, 3.05) is 13.2 Å². The Balaban J connectivity index is 4.05. The van der Waals surface area contributed by atoms with Crippen molar-refractivity contribution in [1.82, 2.24) is 0 Å². The quantitative estimate of drug-likeness (QED) is 0.0287. The lowest BCUT2D eigenvalue weighted by Gasteiger charge is -2.18. The molecule has 1 unspecified atom stereocenters. The second-order valence-corrected chi connectivity index (χ2v) is 14.1. The average Bonchev–Trinajstić information content (AvgIpc) is 3.08. The molecule has 0 fully saturated rings. The molecule has 8 nitrogen and oxygen atoms in total. The number of allylic oxidation sites excluding steroid dienone is 10. The number of ether oxygens (including phenoxy) is 2. The summed E-state index contributed by atoms with van der Waals surface area (Å²) < 4.78 is 26.3. The van der Waals surface area contributed by atoms with Gasteiger partial charge in [0.25, 0.3) is 0 Å². The van der Waals surface area contributed by atoms with Crippen LogP contribution in [0, 0.1) is 0 Å². The van der Waals surface area contributed by atoms with Crippen molar-refractivity contribution in [3.63, 3.8) is 0 Å². The van der Waals surface area contributed by atoms with Crippen molar-refractivity contribution in [3.05, 3.63) is 60.8 Å². The molecule has 1 atom stereocenters. The van der Waals surface area contributed by atoms with Crippen molar-refractivity contribution < 1.29 is 37.9 Å². The minimum absolute atomic E-state index is 0.133. The van der Waals surface area contributed by atoms with Crippen molar-refractivity contribution in [2.45, 2.75) is 174 Å². The molecule has 0 aliphatic heterocycles. The lowest BCUT2D eigenvalue weighted by Crippen LogP contribution is -2.29. The van der Waals surface area contributed by atoms with Gasteiger partial charge in [0.1, 0.15) is 6.61 Å². The fourth-order valence-electron chi connectivity index (χ4n) is 5.17. The lowest BCUT2D eigenvalue weighted by atomic mass is 10.0. The summed E-state index contributed by atoms with van der Waals surface area (Å²) in [4.78, 5) is 42.7. The Bertz CT molecular complexity index is 995. The molecule has 2 N–H and O–H groups in total. The van der Waals surface area contributed by atoms with Crippen LogP contribution in [0.5, 0.6) is 0 Å². The van der Waals surface area contributed by atoms with E-state index in [2.05, 4.69) is 67.0 Å². The first-order valence-electron chi connectivity index (χ1n) is 19.6. The minimum Gasteiger partial charge on any atom is -0.462 e. The number of phosphoric ester groups is 1. The van der Waals surface area contributed by atoms with Gasteiger partial charge in [0, 0.05) is 12.8 Å². The van der Waals surface area contributed by atoms with Crippen LogP contribution >= 0.6 is 7.82 Å². The van der Waals surface area contributed by atoms with Gasteiger partial charge in [-0.15, -0.1) is 0 Å². The Labute approximate surface area is 305 Å². The van der Waals surface area contributed by atoms with Crippen molar-refractivity contribution in [3.8, 4) is 0 Å². The van der Waals surface area contributed by atoms with Gasteiger partial charge in [0.2, 0.25) is 0 Å². The Kier molecular flexibility index (Phi) is 34.9. The molecule has 0 saturated heterocycles. The number of phosphoric acid groups is 1. The van der Waals surface area contributed by atoms with Gasteiger partial charge in [-0.05, 0) is 51.4 Å². The number of carbonyl (C=O) groups excluding carboxylic acids is 2. The molecule has 50 heavy (non-hydrogen) atoms. The molecule has 0 rings (SSSR count). The van der Waals surface area contributed by atoms with Gasteiger partial charge in [-0.25, -0.2) is 4.57 Å². The molecule has 0 aromatic rings. The standard InChI is InChI=1S/C41H71O8P/c1-3-5-7-9-11-13-15-17-19-20-22-24-26-28-30-32-34-36-41(43)49-39(38-48-50(44,45)46)37-47-40(42)35-33-31-29-27-25-23-21-18-16-14-12-10-8-6-4-2/h5,7,11,13,17,19,22,24,28,30,39H,3-4,6,8-10,12,14-16,18,20-21,23,25-27,29,31-38H2,1-2H3,(H2,44,45,46)/b7-5-,13-11-,19-17-,24-22-,30-28-. The molecule has 0 spiro atoms. The van der Waals surface area contributed by atoms with E-state index in [1.54, 1.807) is 0 Å². The van der Waals surface area contributed by atoms with E-state index in [-0.39, 0.29) is 19.4 Å². The molecular formula is C41H71O8P. The summed E-state index contributed by atoms with van der Waals surface area (Å²) in [7, 11) is -4.77. The molecule has 0 amide bonds. The van der Waals surface area contributed by atoms with Crippen molar-refractivity contribution in [1.29, 1.82) is 0 Å². The summed E-state index contributed by atoms with van der Waals surface area (Å²) in [5.41, 5.74) is 0. The molecule has 0 aromatic carbocycles. The van der Waals surface area contributed by atoms with Crippen LogP contribution in [0.25, 0.3) is 0 Å². The number of unbranched alkanes of at least 4 members (excludes halogenated alkanes) is 15. The summed E-state index contributed by atoms with van der Waals surface area (Å²) in [5, 5.41) is 0. The maximum absolute atomic E-state index is 12.4. The van der Waals surface area contributed by atoms with E-state index < -0.39 is 32.5 Å². The van der Waals surface area contributed by atoms with Gasteiger partial charge < -0.3 is 19.3 Å². The summed E-state index contributed by atoms with van der Waals surface area (Å²) in [6.07, 6.45) is 45.2.